The van der Waals surface area contributed by atoms with E-state index in [0.29, 0.717) is 0 Å². The Morgan fingerprint density at radius 1 is 1.21 bits per heavy atom. The van der Waals surface area contributed by atoms with Crippen LogP contribution in [0.4, 0.5) is 11.4 Å². The Hall–Kier alpha value is -1.42. The maximum atomic E-state index is 6.07. The molecule has 3 rings (SSSR count). The van der Waals surface area contributed by atoms with E-state index in [4.69, 9.17) is 5.73 Å². The maximum Gasteiger partial charge on any atom is 0.0448 e. The van der Waals surface area contributed by atoms with Gasteiger partial charge in [0.25, 0.3) is 0 Å². The van der Waals surface area contributed by atoms with E-state index >= 15 is 0 Å². The average Bonchev–Trinajstić information content (AvgIpc) is 2.68. The summed E-state index contributed by atoms with van der Waals surface area (Å²) in [5.74, 6) is 2.47. The van der Waals surface area contributed by atoms with Crippen molar-refractivity contribution in [3.63, 3.8) is 0 Å². The van der Waals surface area contributed by atoms with Crippen molar-refractivity contribution < 1.29 is 0 Å². The Labute approximate surface area is 118 Å². The van der Waals surface area contributed by atoms with Crippen molar-refractivity contribution in [2.24, 2.45) is 0 Å². The fourth-order valence-electron chi connectivity index (χ4n) is 2.61. The Morgan fingerprint density at radius 2 is 2.11 bits per heavy atom. The highest BCUT2D eigenvalue weighted by atomic mass is 32.2. The van der Waals surface area contributed by atoms with Gasteiger partial charge in [-0.05, 0) is 37.3 Å². The number of aryl methyl sites for hydroxylation is 1. The molecule has 4 heteroatoms. The number of nitrogens with two attached hydrogens (primary N) is 1. The van der Waals surface area contributed by atoms with Crippen molar-refractivity contribution in [3.05, 3.63) is 30.1 Å². The summed E-state index contributed by atoms with van der Waals surface area (Å²) >= 11 is 2.05. The number of pyridine rings is 1. The van der Waals surface area contributed by atoms with E-state index in [1.807, 2.05) is 30.9 Å². The molecule has 0 saturated carbocycles. The normalized spacial score (nSPS) is 16.6. The summed E-state index contributed by atoms with van der Waals surface area (Å²) in [6.07, 6.45) is 3.15. The SMILES string of the molecule is Cc1cc2c(N3CCCSCC3)ccc(N)c2cn1. The second kappa shape index (κ2) is 5.29. The zero-order valence-electron chi connectivity index (χ0n) is 11.2. The molecule has 1 fully saturated rings. The van der Waals surface area contributed by atoms with E-state index in [9.17, 15) is 0 Å². The van der Waals surface area contributed by atoms with Crippen molar-refractivity contribution in [1.29, 1.82) is 0 Å². The number of hydrogen-bond donors (Lipinski definition) is 1. The van der Waals surface area contributed by atoms with Gasteiger partial charge in [0.1, 0.15) is 0 Å². The molecule has 0 spiro atoms. The highest BCUT2D eigenvalue weighted by Gasteiger charge is 2.14. The lowest BCUT2D eigenvalue weighted by Crippen LogP contribution is -2.25. The van der Waals surface area contributed by atoms with Crippen molar-refractivity contribution >= 4 is 33.9 Å². The molecule has 3 nitrogen and oxygen atoms in total. The highest BCUT2D eigenvalue weighted by molar-refractivity contribution is 7.99. The van der Waals surface area contributed by atoms with Gasteiger partial charge in [0.05, 0.1) is 0 Å². The molecule has 1 saturated heterocycles. The fourth-order valence-corrected chi connectivity index (χ4v) is 3.50. The van der Waals surface area contributed by atoms with Crippen LogP contribution in [0.5, 0.6) is 0 Å². The Bertz CT molecular complexity index is 589. The summed E-state index contributed by atoms with van der Waals surface area (Å²) < 4.78 is 0. The predicted molar refractivity (Wildman–Crippen MR) is 85.0 cm³/mol. The Balaban J connectivity index is 2.11. The number of benzene rings is 1. The van der Waals surface area contributed by atoms with E-state index in [1.54, 1.807) is 0 Å². The van der Waals surface area contributed by atoms with Gasteiger partial charge in [-0.15, -0.1) is 0 Å². The zero-order chi connectivity index (χ0) is 13.2. The molecule has 100 valence electrons. The topological polar surface area (TPSA) is 42.1 Å². The number of rotatable bonds is 1. The number of fused-ring (bicyclic) bond motifs is 1. The van der Waals surface area contributed by atoms with Crippen LogP contribution in [0, 0.1) is 6.92 Å². The molecule has 0 bridgehead atoms. The summed E-state index contributed by atoms with van der Waals surface area (Å²) in [5.41, 5.74) is 9.24. The molecule has 0 aliphatic carbocycles. The van der Waals surface area contributed by atoms with Crippen molar-refractivity contribution in [2.45, 2.75) is 13.3 Å². The molecule has 1 aliphatic rings. The summed E-state index contributed by atoms with van der Waals surface area (Å²) in [7, 11) is 0. The van der Waals surface area contributed by atoms with Gasteiger partial charge in [-0.2, -0.15) is 11.8 Å². The monoisotopic (exact) mass is 273 g/mol. The molecule has 1 aliphatic heterocycles. The standard InChI is InChI=1S/C15H19N3S/c1-11-9-12-13(10-17-11)14(16)3-4-15(12)18-5-2-7-19-8-6-18/h3-4,9-10H,2,5-8,16H2,1H3. The van der Waals surface area contributed by atoms with Crippen LogP contribution < -0.4 is 10.6 Å². The van der Waals surface area contributed by atoms with Crippen LogP contribution in [0.2, 0.25) is 0 Å². The van der Waals surface area contributed by atoms with Gasteiger partial charge < -0.3 is 10.6 Å². The molecule has 2 N–H and O–H groups in total. The summed E-state index contributed by atoms with van der Waals surface area (Å²) in [6, 6.07) is 6.32. The molecule has 2 aromatic rings. The number of hydrogen-bond acceptors (Lipinski definition) is 4. The van der Waals surface area contributed by atoms with Crippen LogP contribution in [0.15, 0.2) is 24.4 Å². The molecular formula is C15H19N3S. The number of anilines is 2. The van der Waals surface area contributed by atoms with Gasteiger partial charge >= 0.3 is 0 Å². The minimum absolute atomic E-state index is 0.815. The van der Waals surface area contributed by atoms with Gasteiger partial charge in [0.15, 0.2) is 0 Å². The predicted octanol–water partition coefficient (Wildman–Crippen LogP) is 3.07. The molecule has 1 aromatic heterocycles. The second-order valence-electron chi connectivity index (χ2n) is 5.00. The van der Waals surface area contributed by atoms with Crippen molar-refractivity contribution in [1.82, 2.24) is 4.98 Å². The van der Waals surface area contributed by atoms with Crippen LogP contribution >= 0.6 is 11.8 Å². The highest BCUT2D eigenvalue weighted by Crippen LogP contribution is 2.32. The molecule has 19 heavy (non-hydrogen) atoms. The van der Waals surface area contributed by atoms with Crippen LogP contribution in [-0.2, 0) is 0 Å². The first-order valence-corrected chi connectivity index (χ1v) is 7.89. The first-order chi connectivity index (χ1) is 9.25. The minimum Gasteiger partial charge on any atom is -0.398 e. The molecule has 2 heterocycles. The van der Waals surface area contributed by atoms with Crippen LogP contribution in [-0.4, -0.2) is 29.6 Å². The van der Waals surface area contributed by atoms with E-state index < -0.39 is 0 Å². The lowest BCUT2D eigenvalue weighted by molar-refractivity contribution is 0.819. The molecular weight excluding hydrogens is 254 g/mol. The molecule has 0 radical (unpaired) electrons. The third-order valence-corrected chi connectivity index (χ3v) is 4.66. The van der Waals surface area contributed by atoms with Gasteiger partial charge in [-0.25, -0.2) is 0 Å². The van der Waals surface area contributed by atoms with Crippen LogP contribution in [0.1, 0.15) is 12.1 Å². The third-order valence-electron chi connectivity index (χ3n) is 3.61. The fraction of sp³-hybridized carbons (Fsp3) is 0.400. The zero-order valence-corrected chi connectivity index (χ0v) is 12.0. The van der Waals surface area contributed by atoms with E-state index in [2.05, 4.69) is 22.0 Å². The van der Waals surface area contributed by atoms with E-state index in [0.717, 1.165) is 29.9 Å². The van der Waals surface area contributed by atoms with Gasteiger partial charge in [-0.1, -0.05) is 0 Å². The quantitative estimate of drug-likeness (QED) is 0.811. The van der Waals surface area contributed by atoms with Crippen LogP contribution in [0.25, 0.3) is 10.8 Å². The molecule has 0 atom stereocenters. The molecule has 1 aromatic carbocycles. The van der Waals surface area contributed by atoms with Gasteiger partial charge in [0.2, 0.25) is 0 Å². The second-order valence-corrected chi connectivity index (χ2v) is 6.22. The first-order valence-electron chi connectivity index (χ1n) is 6.73. The van der Waals surface area contributed by atoms with E-state index in [-0.39, 0.29) is 0 Å². The van der Waals surface area contributed by atoms with E-state index in [1.165, 1.54) is 29.0 Å². The summed E-state index contributed by atoms with van der Waals surface area (Å²) in [5, 5.41) is 2.31. The number of thioether (sulfide) groups is 1. The molecule has 0 unspecified atom stereocenters. The number of aromatic nitrogens is 1. The van der Waals surface area contributed by atoms with Crippen LogP contribution in [0.3, 0.4) is 0 Å². The van der Waals surface area contributed by atoms with Gasteiger partial charge in [0, 0.05) is 52.9 Å². The lowest BCUT2D eigenvalue weighted by atomic mass is 10.1. The Kier molecular flexibility index (Phi) is 3.51. The minimum atomic E-state index is 0.815. The van der Waals surface area contributed by atoms with Crippen molar-refractivity contribution in [2.75, 3.05) is 35.2 Å². The Morgan fingerprint density at radius 3 is 3.00 bits per heavy atom. The smallest absolute Gasteiger partial charge is 0.0448 e. The third kappa shape index (κ3) is 2.50. The van der Waals surface area contributed by atoms with Crippen molar-refractivity contribution in [3.8, 4) is 0 Å². The average molecular weight is 273 g/mol. The maximum absolute atomic E-state index is 6.07. The number of nitrogen functional groups attached to an aromatic ring is 1. The summed E-state index contributed by atoms with van der Waals surface area (Å²) in [4.78, 5) is 6.86. The number of nitrogens with zero attached hydrogens (tertiary/aromatic N) is 2. The lowest BCUT2D eigenvalue weighted by Gasteiger charge is -2.24. The largest absolute Gasteiger partial charge is 0.398 e. The van der Waals surface area contributed by atoms with Gasteiger partial charge in [-0.3, -0.25) is 4.98 Å². The first kappa shape index (κ1) is 12.6. The molecule has 0 amide bonds. The summed E-state index contributed by atoms with van der Waals surface area (Å²) in [6.45, 7) is 4.28.